The van der Waals surface area contributed by atoms with Gasteiger partial charge in [0, 0.05) is 12.6 Å². The fourth-order valence-electron chi connectivity index (χ4n) is 6.07. The molecule has 3 nitrogen and oxygen atoms in total. The second-order valence-electron chi connectivity index (χ2n) is 8.37. The normalized spacial score (nSPS) is 40.7. The predicted octanol–water partition coefficient (Wildman–Crippen LogP) is 2.64. The molecule has 2 N–H and O–H groups in total. The SMILES string of the molecule is O=C(NC1C2CC3CC(C2)CC1C3)[C@H]1Cc2ccccc2CN1. The molecule has 122 valence electrons. The molecule has 1 aliphatic heterocycles. The summed E-state index contributed by atoms with van der Waals surface area (Å²) in [5, 5.41) is 6.90. The van der Waals surface area contributed by atoms with Crippen LogP contribution in [0.4, 0.5) is 0 Å². The molecule has 1 amide bonds. The number of rotatable bonds is 2. The second kappa shape index (κ2) is 5.34. The Morgan fingerprint density at radius 1 is 0.957 bits per heavy atom. The molecule has 1 aromatic rings. The minimum absolute atomic E-state index is 0.0536. The molecule has 0 radical (unpaired) electrons. The molecule has 0 aromatic heterocycles. The van der Waals surface area contributed by atoms with Crippen molar-refractivity contribution in [1.29, 1.82) is 0 Å². The second-order valence-corrected chi connectivity index (χ2v) is 8.37. The average Bonchev–Trinajstić information content (AvgIpc) is 2.57. The van der Waals surface area contributed by atoms with Gasteiger partial charge in [0.2, 0.25) is 5.91 Å². The van der Waals surface area contributed by atoms with Crippen LogP contribution in [0.15, 0.2) is 24.3 Å². The summed E-state index contributed by atoms with van der Waals surface area (Å²) >= 11 is 0. The summed E-state index contributed by atoms with van der Waals surface area (Å²) < 4.78 is 0. The maximum atomic E-state index is 12.8. The Labute approximate surface area is 138 Å². The quantitative estimate of drug-likeness (QED) is 0.882. The minimum Gasteiger partial charge on any atom is -0.351 e. The molecule has 4 fully saturated rings. The van der Waals surface area contributed by atoms with Crippen molar-refractivity contribution in [3.05, 3.63) is 35.4 Å². The highest BCUT2D eigenvalue weighted by atomic mass is 16.2. The third-order valence-electron chi connectivity index (χ3n) is 6.93. The number of carbonyl (C=O) groups is 1. The van der Waals surface area contributed by atoms with Crippen LogP contribution in [0, 0.1) is 23.7 Å². The highest BCUT2D eigenvalue weighted by Gasteiger charge is 2.48. The lowest BCUT2D eigenvalue weighted by Gasteiger charge is -2.54. The van der Waals surface area contributed by atoms with Gasteiger partial charge >= 0.3 is 0 Å². The summed E-state index contributed by atoms with van der Waals surface area (Å²) in [7, 11) is 0. The van der Waals surface area contributed by atoms with E-state index in [-0.39, 0.29) is 11.9 Å². The first-order chi connectivity index (χ1) is 11.3. The molecule has 0 saturated heterocycles. The van der Waals surface area contributed by atoms with Gasteiger partial charge in [-0.05, 0) is 73.3 Å². The molecule has 5 aliphatic rings. The predicted molar refractivity (Wildman–Crippen MR) is 89.7 cm³/mol. The third-order valence-corrected chi connectivity index (χ3v) is 6.93. The van der Waals surface area contributed by atoms with Gasteiger partial charge < -0.3 is 10.6 Å². The van der Waals surface area contributed by atoms with Gasteiger partial charge in [0.05, 0.1) is 6.04 Å². The minimum atomic E-state index is -0.0536. The van der Waals surface area contributed by atoms with Crippen molar-refractivity contribution >= 4 is 5.91 Å². The summed E-state index contributed by atoms with van der Waals surface area (Å²) in [6, 6.07) is 8.89. The molecular weight excluding hydrogens is 284 g/mol. The van der Waals surface area contributed by atoms with Crippen LogP contribution in [0.25, 0.3) is 0 Å². The Morgan fingerprint density at radius 2 is 1.61 bits per heavy atom. The highest BCUT2D eigenvalue weighted by molar-refractivity contribution is 5.82. The molecule has 1 aromatic carbocycles. The van der Waals surface area contributed by atoms with Crippen LogP contribution < -0.4 is 10.6 Å². The van der Waals surface area contributed by atoms with Gasteiger partial charge in [0.1, 0.15) is 0 Å². The molecule has 23 heavy (non-hydrogen) atoms. The van der Waals surface area contributed by atoms with Gasteiger partial charge in [-0.3, -0.25) is 4.79 Å². The van der Waals surface area contributed by atoms with Gasteiger partial charge in [0.25, 0.3) is 0 Å². The van der Waals surface area contributed by atoms with Crippen LogP contribution in [0.5, 0.6) is 0 Å². The van der Waals surface area contributed by atoms with Crippen LogP contribution in [-0.2, 0) is 17.8 Å². The van der Waals surface area contributed by atoms with Crippen molar-refractivity contribution in [1.82, 2.24) is 10.6 Å². The lowest BCUT2D eigenvalue weighted by Crippen LogP contribution is -2.59. The number of carbonyl (C=O) groups excluding carboxylic acids is 1. The molecule has 6 rings (SSSR count). The first-order valence-corrected chi connectivity index (χ1v) is 9.37. The zero-order valence-electron chi connectivity index (χ0n) is 13.6. The molecule has 0 unspecified atom stereocenters. The fraction of sp³-hybridized carbons (Fsp3) is 0.650. The summed E-state index contributed by atoms with van der Waals surface area (Å²) in [5.41, 5.74) is 2.67. The Morgan fingerprint density at radius 3 is 2.30 bits per heavy atom. The maximum absolute atomic E-state index is 12.8. The number of nitrogens with one attached hydrogen (secondary N) is 2. The zero-order valence-corrected chi connectivity index (χ0v) is 13.6. The van der Waals surface area contributed by atoms with Crippen molar-refractivity contribution in [2.24, 2.45) is 23.7 Å². The lowest BCUT2D eigenvalue weighted by molar-refractivity contribution is -0.127. The van der Waals surface area contributed by atoms with E-state index in [1.807, 2.05) is 0 Å². The Bertz CT molecular complexity index is 598. The van der Waals surface area contributed by atoms with E-state index in [2.05, 4.69) is 34.9 Å². The summed E-state index contributed by atoms with van der Waals surface area (Å²) in [6.07, 6.45) is 7.74. The number of hydrogen-bond donors (Lipinski definition) is 2. The van der Waals surface area contributed by atoms with E-state index in [0.29, 0.717) is 6.04 Å². The molecule has 3 heteroatoms. The molecule has 4 bridgehead atoms. The fourth-order valence-corrected chi connectivity index (χ4v) is 6.07. The lowest BCUT2D eigenvalue weighted by atomic mass is 9.54. The van der Waals surface area contributed by atoms with E-state index in [1.54, 1.807) is 0 Å². The summed E-state index contributed by atoms with van der Waals surface area (Å²) in [5.74, 6) is 3.67. The van der Waals surface area contributed by atoms with Crippen LogP contribution in [-0.4, -0.2) is 18.0 Å². The van der Waals surface area contributed by atoms with E-state index in [0.717, 1.165) is 36.6 Å². The maximum Gasteiger partial charge on any atom is 0.237 e. The van der Waals surface area contributed by atoms with E-state index in [1.165, 1.54) is 43.2 Å². The van der Waals surface area contributed by atoms with Crippen LogP contribution in [0.1, 0.15) is 43.2 Å². The summed E-state index contributed by atoms with van der Waals surface area (Å²) in [4.78, 5) is 12.8. The molecule has 0 spiro atoms. The van der Waals surface area contributed by atoms with Crippen molar-refractivity contribution in [3.8, 4) is 0 Å². The van der Waals surface area contributed by atoms with Crippen molar-refractivity contribution in [2.75, 3.05) is 0 Å². The van der Waals surface area contributed by atoms with Crippen molar-refractivity contribution in [3.63, 3.8) is 0 Å². The number of benzene rings is 1. The topological polar surface area (TPSA) is 41.1 Å². The van der Waals surface area contributed by atoms with Crippen LogP contribution in [0.3, 0.4) is 0 Å². The zero-order chi connectivity index (χ0) is 15.4. The van der Waals surface area contributed by atoms with E-state index in [9.17, 15) is 4.79 Å². The van der Waals surface area contributed by atoms with Crippen molar-refractivity contribution in [2.45, 2.75) is 57.2 Å². The number of amides is 1. The molecule has 1 atom stereocenters. The standard InChI is InChI=1S/C20H26N2O/c23-20(18-10-14-3-1-2-4-15(14)11-21-18)22-19-16-6-12-5-13(8-16)9-17(19)7-12/h1-4,12-13,16-19,21H,5-11H2,(H,22,23)/t12?,13?,16?,17?,18-,19?/m1/s1. The monoisotopic (exact) mass is 310 g/mol. The largest absolute Gasteiger partial charge is 0.351 e. The third kappa shape index (κ3) is 2.40. The van der Waals surface area contributed by atoms with E-state index in [4.69, 9.17) is 0 Å². The van der Waals surface area contributed by atoms with Gasteiger partial charge in [0.15, 0.2) is 0 Å². The Balaban J connectivity index is 1.28. The van der Waals surface area contributed by atoms with E-state index >= 15 is 0 Å². The van der Waals surface area contributed by atoms with Gasteiger partial charge in [-0.1, -0.05) is 24.3 Å². The molecule has 4 saturated carbocycles. The first-order valence-electron chi connectivity index (χ1n) is 9.37. The van der Waals surface area contributed by atoms with Crippen LogP contribution >= 0.6 is 0 Å². The number of hydrogen-bond acceptors (Lipinski definition) is 2. The van der Waals surface area contributed by atoms with E-state index < -0.39 is 0 Å². The van der Waals surface area contributed by atoms with Crippen molar-refractivity contribution < 1.29 is 4.79 Å². The first kappa shape index (κ1) is 14.0. The van der Waals surface area contributed by atoms with Gasteiger partial charge in [-0.15, -0.1) is 0 Å². The smallest absolute Gasteiger partial charge is 0.237 e. The molecule has 4 aliphatic carbocycles. The Kier molecular flexibility index (Phi) is 3.26. The molecule has 1 heterocycles. The average molecular weight is 310 g/mol. The van der Waals surface area contributed by atoms with Gasteiger partial charge in [-0.2, -0.15) is 0 Å². The van der Waals surface area contributed by atoms with Gasteiger partial charge in [-0.25, -0.2) is 0 Å². The number of fused-ring (bicyclic) bond motifs is 1. The highest BCUT2D eigenvalue weighted by Crippen LogP contribution is 2.53. The summed E-state index contributed by atoms with van der Waals surface area (Å²) in [6.45, 7) is 0.815. The molecular formula is C20H26N2O. The van der Waals surface area contributed by atoms with Crippen LogP contribution in [0.2, 0.25) is 0 Å². The Hall–Kier alpha value is -1.35.